The van der Waals surface area contributed by atoms with Crippen molar-refractivity contribution in [1.29, 1.82) is 0 Å². The van der Waals surface area contributed by atoms with Gasteiger partial charge in [0.1, 0.15) is 18.2 Å². The molecule has 1 aromatic carbocycles. The van der Waals surface area contributed by atoms with Crippen LogP contribution in [0.5, 0.6) is 0 Å². The summed E-state index contributed by atoms with van der Waals surface area (Å²) in [5, 5.41) is 2.68. The largest absolute Gasteiger partial charge is 0.472 e. The number of carbonyl (C=O) groups is 3. The second-order valence-corrected chi connectivity index (χ2v) is 7.49. The quantitative estimate of drug-likeness (QED) is 0.688. The molecule has 2 aliphatic rings. The van der Waals surface area contributed by atoms with Crippen LogP contribution in [0.1, 0.15) is 10.4 Å². The Balaban J connectivity index is 1.35. The molecule has 1 N–H and O–H groups in total. The molecule has 2 fully saturated rings. The number of halogens is 1. The summed E-state index contributed by atoms with van der Waals surface area (Å²) >= 11 is 0. The van der Waals surface area contributed by atoms with Gasteiger partial charge < -0.3 is 24.3 Å². The van der Waals surface area contributed by atoms with Crippen molar-refractivity contribution in [3.63, 3.8) is 0 Å². The zero-order chi connectivity index (χ0) is 22.7. The van der Waals surface area contributed by atoms with Crippen molar-refractivity contribution in [2.75, 3.05) is 49.1 Å². The van der Waals surface area contributed by atoms with Gasteiger partial charge in [-0.3, -0.25) is 14.5 Å². The van der Waals surface area contributed by atoms with Gasteiger partial charge >= 0.3 is 6.09 Å². The number of carbonyl (C=O) groups excluding carboxylic acids is 3. The number of anilines is 2. The van der Waals surface area contributed by atoms with Gasteiger partial charge in [-0.15, -0.1) is 0 Å². The maximum Gasteiger partial charge on any atom is 0.414 e. The van der Waals surface area contributed by atoms with Gasteiger partial charge in [0.05, 0.1) is 36.3 Å². The zero-order valence-corrected chi connectivity index (χ0v) is 17.3. The Kier molecular flexibility index (Phi) is 6.11. The molecule has 1 atom stereocenters. The van der Waals surface area contributed by atoms with Crippen LogP contribution >= 0.6 is 0 Å². The van der Waals surface area contributed by atoms with Crippen LogP contribution in [0.25, 0.3) is 0 Å². The number of amides is 3. The fraction of sp³-hybridized carbons (Fsp3) is 0.318. The first-order valence-corrected chi connectivity index (χ1v) is 10.2. The highest BCUT2D eigenvalue weighted by Crippen LogP contribution is 2.28. The molecule has 0 radical (unpaired) electrons. The topological polar surface area (TPSA) is 95.3 Å². The Bertz CT molecular complexity index is 1020. The second-order valence-electron chi connectivity index (χ2n) is 7.49. The molecule has 10 heteroatoms. The number of hydrogen-bond donors (Lipinski definition) is 1. The number of nitrogens with one attached hydrogen (secondary N) is 1. The van der Waals surface area contributed by atoms with Crippen molar-refractivity contribution >= 4 is 29.3 Å². The molecule has 9 nitrogen and oxygen atoms in total. The number of nitrogens with zero attached hydrogens (tertiary/aromatic N) is 3. The van der Waals surface area contributed by atoms with Crippen molar-refractivity contribution < 1.29 is 27.9 Å². The molecule has 3 amide bonds. The highest BCUT2D eigenvalue weighted by molar-refractivity contribution is 5.94. The Morgan fingerprint density at radius 2 is 2.00 bits per heavy atom. The second kappa shape index (κ2) is 9.13. The summed E-state index contributed by atoms with van der Waals surface area (Å²) in [5.41, 5.74) is 1.16. The van der Waals surface area contributed by atoms with E-state index in [-0.39, 0.29) is 24.9 Å². The minimum absolute atomic E-state index is 0.126. The summed E-state index contributed by atoms with van der Waals surface area (Å²) in [6.45, 7) is 5.76. The number of ether oxygens (including phenoxy) is 1. The van der Waals surface area contributed by atoms with Crippen molar-refractivity contribution in [2.45, 2.75) is 6.10 Å². The number of rotatable bonds is 6. The Hall–Kier alpha value is -3.82. The van der Waals surface area contributed by atoms with Gasteiger partial charge in [-0.2, -0.15) is 0 Å². The van der Waals surface area contributed by atoms with Crippen LogP contribution in [0.4, 0.5) is 20.6 Å². The molecule has 2 aliphatic heterocycles. The molecular formula is C22H23FN4O5. The van der Waals surface area contributed by atoms with E-state index < -0.39 is 18.0 Å². The first kappa shape index (κ1) is 21.4. The molecule has 0 aliphatic carbocycles. The van der Waals surface area contributed by atoms with Crippen molar-refractivity contribution in [3.8, 4) is 0 Å². The van der Waals surface area contributed by atoms with E-state index in [9.17, 15) is 18.8 Å². The molecule has 0 saturated carbocycles. The molecule has 32 heavy (non-hydrogen) atoms. The fourth-order valence-electron chi connectivity index (χ4n) is 3.76. The molecule has 0 unspecified atom stereocenters. The molecular weight excluding hydrogens is 419 g/mol. The van der Waals surface area contributed by atoms with Gasteiger partial charge in [0.2, 0.25) is 5.91 Å². The van der Waals surface area contributed by atoms with E-state index in [0.29, 0.717) is 43.1 Å². The number of furan rings is 1. The van der Waals surface area contributed by atoms with Crippen molar-refractivity contribution in [3.05, 3.63) is 60.8 Å². The Morgan fingerprint density at radius 3 is 2.66 bits per heavy atom. The Morgan fingerprint density at radius 1 is 1.22 bits per heavy atom. The lowest BCUT2D eigenvalue weighted by atomic mass is 10.2. The van der Waals surface area contributed by atoms with Crippen molar-refractivity contribution in [2.24, 2.45) is 0 Å². The molecule has 0 spiro atoms. The highest BCUT2D eigenvalue weighted by atomic mass is 19.1. The lowest BCUT2D eigenvalue weighted by molar-refractivity contribution is -0.126. The molecule has 2 aromatic rings. The Labute approximate surface area is 184 Å². The summed E-state index contributed by atoms with van der Waals surface area (Å²) in [6.07, 6.45) is 2.83. The number of benzene rings is 1. The minimum atomic E-state index is -0.601. The van der Waals surface area contributed by atoms with Gasteiger partial charge in [0, 0.05) is 26.2 Å². The van der Waals surface area contributed by atoms with Crippen LogP contribution in [0, 0.1) is 5.82 Å². The molecule has 1 aromatic heterocycles. The number of cyclic esters (lactones) is 1. The summed E-state index contributed by atoms with van der Waals surface area (Å²) in [6, 6.07) is 6.11. The normalized spacial score (nSPS) is 18.5. The van der Waals surface area contributed by atoms with Gasteiger partial charge in [-0.25, -0.2) is 9.18 Å². The predicted molar refractivity (Wildman–Crippen MR) is 114 cm³/mol. The monoisotopic (exact) mass is 442 g/mol. The fourth-order valence-corrected chi connectivity index (χ4v) is 3.76. The van der Waals surface area contributed by atoms with Crippen molar-refractivity contribution in [1.82, 2.24) is 10.2 Å². The molecule has 3 heterocycles. The maximum atomic E-state index is 14.9. The van der Waals surface area contributed by atoms with Gasteiger partial charge in [0.15, 0.2) is 0 Å². The van der Waals surface area contributed by atoms with Gasteiger partial charge in [-0.05, 0) is 30.3 Å². The molecule has 2 saturated heterocycles. The van der Waals surface area contributed by atoms with E-state index in [0.717, 1.165) is 0 Å². The summed E-state index contributed by atoms with van der Waals surface area (Å²) in [7, 11) is 0. The lowest BCUT2D eigenvalue weighted by Gasteiger charge is -2.35. The minimum Gasteiger partial charge on any atom is -0.472 e. The summed E-state index contributed by atoms with van der Waals surface area (Å²) in [4.78, 5) is 40.9. The van der Waals surface area contributed by atoms with E-state index in [2.05, 4.69) is 11.9 Å². The smallest absolute Gasteiger partial charge is 0.414 e. The average molecular weight is 442 g/mol. The average Bonchev–Trinajstić information content (AvgIpc) is 3.47. The third-order valence-corrected chi connectivity index (χ3v) is 5.50. The molecule has 4 rings (SSSR count). The maximum absolute atomic E-state index is 14.9. The van der Waals surface area contributed by atoms with Crippen LogP contribution in [0.2, 0.25) is 0 Å². The zero-order valence-electron chi connectivity index (χ0n) is 17.3. The van der Waals surface area contributed by atoms with Gasteiger partial charge in [-0.1, -0.05) is 6.58 Å². The van der Waals surface area contributed by atoms with Crippen LogP contribution in [-0.4, -0.2) is 68.2 Å². The molecule has 168 valence electrons. The predicted octanol–water partition coefficient (Wildman–Crippen LogP) is 2.01. The lowest BCUT2D eigenvalue weighted by Crippen LogP contribution is -2.48. The molecule has 0 bridgehead atoms. The number of piperazine rings is 1. The van der Waals surface area contributed by atoms with E-state index in [1.165, 1.54) is 35.6 Å². The van der Waals surface area contributed by atoms with Crippen LogP contribution in [0.15, 0.2) is 53.9 Å². The highest BCUT2D eigenvalue weighted by Gasteiger charge is 2.33. The third kappa shape index (κ3) is 4.43. The van der Waals surface area contributed by atoms with Crippen LogP contribution in [0.3, 0.4) is 0 Å². The number of hydrogen-bond acceptors (Lipinski definition) is 6. The van der Waals surface area contributed by atoms with E-state index in [4.69, 9.17) is 9.15 Å². The summed E-state index contributed by atoms with van der Waals surface area (Å²) < 4.78 is 25.0. The third-order valence-electron chi connectivity index (χ3n) is 5.50. The first-order chi connectivity index (χ1) is 15.5. The van der Waals surface area contributed by atoms with Crippen LogP contribution in [-0.2, 0) is 9.53 Å². The summed E-state index contributed by atoms with van der Waals surface area (Å²) in [5.74, 6) is -0.933. The van der Waals surface area contributed by atoms with E-state index in [1.54, 1.807) is 17.0 Å². The van der Waals surface area contributed by atoms with Crippen LogP contribution < -0.4 is 15.1 Å². The van der Waals surface area contributed by atoms with Gasteiger partial charge in [0.25, 0.3) is 5.91 Å². The standard InChI is InChI=1S/C22H23FN4O5/c1-2-20(28)26-8-6-25(7-9-26)19-4-3-16(11-18(19)23)27-13-17(32-22(27)30)12-24-21(29)15-5-10-31-14-15/h2-5,10-11,14,17H,1,6-9,12-13H2,(H,24,29)/t17-/m0/s1. The van der Waals surface area contributed by atoms with E-state index in [1.807, 2.05) is 4.90 Å². The van der Waals surface area contributed by atoms with E-state index >= 15 is 0 Å². The SMILES string of the molecule is C=CC(=O)N1CCN(c2ccc(N3C[C@H](CNC(=O)c4ccoc4)OC3=O)cc2F)CC1. The first-order valence-electron chi connectivity index (χ1n) is 10.2.